The summed E-state index contributed by atoms with van der Waals surface area (Å²) in [6, 6.07) is 14.2. The standard InChI is InChI=1S/C25H34N4O4/c1-17-14-29(18(2)16-30)24(31)20-12-9-13-21(27(3)4)23(20)33-22(17)15-28(5)25(32)26-19-10-7-6-8-11-19/h6-13,17-18,22,30H,14-16H2,1-5H3,(H,26,32)/t17-,18-,22-/m0/s1. The summed E-state index contributed by atoms with van der Waals surface area (Å²) < 4.78 is 6.47. The number of likely N-dealkylation sites (N-methyl/N-ethyl adjacent to an activating group) is 1. The molecule has 0 fully saturated rings. The van der Waals surface area contributed by atoms with Crippen molar-refractivity contribution in [2.75, 3.05) is 51.1 Å². The highest BCUT2D eigenvalue weighted by molar-refractivity contribution is 5.99. The van der Waals surface area contributed by atoms with Crippen LogP contribution in [0.1, 0.15) is 24.2 Å². The van der Waals surface area contributed by atoms with Gasteiger partial charge in [0.15, 0.2) is 5.75 Å². The van der Waals surface area contributed by atoms with Gasteiger partial charge in [0, 0.05) is 39.3 Å². The summed E-state index contributed by atoms with van der Waals surface area (Å²) in [6.45, 7) is 4.44. The number of hydrogen-bond donors (Lipinski definition) is 2. The minimum Gasteiger partial charge on any atom is -0.485 e. The largest absolute Gasteiger partial charge is 0.485 e. The maximum atomic E-state index is 13.4. The van der Waals surface area contributed by atoms with Crippen molar-refractivity contribution in [1.29, 1.82) is 0 Å². The highest BCUT2D eigenvalue weighted by Crippen LogP contribution is 2.36. The average Bonchev–Trinajstić information content (AvgIpc) is 2.80. The van der Waals surface area contributed by atoms with E-state index in [0.717, 1.165) is 11.4 Å². The van der Waals surface area contributed by atoms with Crippen LogP contribution >= 0.6 is 0 Å². The third kappa shape index (κ3) is 5.57. The number of para-hydroxylation sites is 2. The van der Waals surface area contributed by atoms with Crippen molar-refractivity contribution in [3.8, 4) is 5.75 Å². The van der Waals surface area contributed by atoms with Crippen molar-refractivity contribution in [2.24, 2.45) is 5.92 Å². The lowest BCUT2D eigenvalue weighted by atomic mass is 9.99. The Balaban J connectivity index is 1.91. The van der Waals surface area contributed by atoms with Crippen LogP contribution in [0.4, 0.5) is 16.2 Å². The normalized spacial score (nSPS) is 19.0. The average molecular weight is 455 g/mol. The molecule has 33 heavy (non-hydrogen) atoms. The molecule has 178 valence electrons. The summed E-state index contributed by atoms with van der Waals surface area (Å²) in [6.07, 6.45) is -0.363. The molecule has 1 aliphatic heterocycles. The van der Waals surface area contributed by atoms with Crippen molar-refractivity contribution in [3.05, 3.63) is 54.1 Å². The predicted octanol–water partition coefficient (Wildman–Crippen LogP) is 3.14. The Kier molecular flexibility index (Phi) is 7.81. The van der Waals surface area contributed by atoms with Crippen molar-refractivity contribution >= 4 is 23.3 Å². The Morgan fingerprint density at radius 2 is 1.88 bits per heavy atom. The second-order valence-corrected chi connectivity index (χ2v) is 8.85. The topological polar surface area (TPSA) is 85.4 Å². The molecule has 3 amide bonds. The molecule has 3 atom stereocenters. The van der Waals surface area contributed by atoms with Crippen LogP contribution in [0.25, 0.3) is 0 Å². The van der Waals surface area contributed by atoms with Gasteiger partial charge in [0.05, 0.1) is 30.4 Å². The number of nitrogens with one attached hydrogen (secondary N) is 1. The first-order chi connectivity index (χ1) is 15.7. The molecule has 0 saturated heterocycles. The van der Waals surface area contributed by atoms with Crippen LogP contribution in [0.3, 0.4) is 0 Å². The number of hydrogen-bond acceptors (Lipinski definition) is 5. The van der Waals surface area contributed by atoms with E-state index in [-0.39, 0.29) is 36.6 Å². The van der Waals surface area contributed by atoms with Crippen LogP contribution in [0.15, 0.2) is 48.5 Å². The zero-order chi connectivity index (χ0) is 24.1. The molecule has 0 saturated carbocycles. The Morgan fingerprint density at radius 1 is 1.18 bits per heavy atom. The van der Waals surface area contributed by atoms with E-state index in [9.17, 15) is 14.7 Å². The molecule has 8 heteroatoms. The molecule has 2 N–H and O–H groups in total. The number of carbonyl (C=O) groups excluding carboxylic acids is 2. The molecule has 1 heterocycles. The molecule has 1 aliphatic rings. The minimum absolute atomic E-state index is 0.0849. The highest BCUT2D eigenvalue weighted by atomic mass is 16.5. The van der Waals surface area contributed by atoms with Gasteiger partial charge in [0.25, 0.3) is 5.91 Å². The summed E-state index contributed by atoms with van der Waals surface area (Å²) in [7, 11) is 5.52. The van der Waals surface area contributed by atoms with Crippen LogP contribution in [0.2, 0.25) is 0 Å². The Bertz CT molecular complexity index is 966. The van der Waals surface area contributed by atoms with Gasteiger partial charge in [-0.3, -0.25) is 4.79 Å². The number of ether oxygens (including phenoxy) is 1. The van der Waals surface area contributed by atoms with E-state index in [1.54, 1.807) is 22.9 Å². The van der Waals surface area contributed by atoms with Gasteiger partial charge in [0.2, 0.25) is 0 Å². The van der Waals surface area contributed by atoms with E-state index in [0.29, 0.717) is 24.4 Å². The summed E-state index contributed by atoms with van der Waals surface area (Å²) in [5.74, 6) is 0.241. The molecule has 8 nitrogen and oxygen atoms in total. The number of fused-ring (bicyclic) bond motifs is 1. The van der Waals surface area contributed by atoms with E-state index < -0.39 is 0 Å². The Morgan fingerprint density at radius 3 is 2.52 bits per heavy atom. The number of carbonyl (C=O) groups is 2. The van der Waals surface area contributed by atoms with E-state index in [4.69, 9.17) is 4.74 Å². The van der Waals surface area contributed by atoms with Crippen LogP contribution in [-0.2, 0) is 0 Å². The zero-order valence-corrected chi connectivity index (χ0v) is 20.0. The van der Waals surface area contributed by atoms with E-state index >= 15 is 0 Å². The molecule has 2 aromatic rings. The third-order valence-corrected chi connectivity index (χ3v) is 5.98. The maximum absolute atomic E-state index is 13.4. The first-order valence-electron chi connectivity index (χ1n) is 11.2. The second kappa shape index (κ2) is 10.6. The fraction of sp³-hybridized carbons (Fsp3) is 0.440. The molecule has 0 unspecified atom stereocenters. The number of urea groups is 1. The van der Waals surface area contributed by atoms with E-state index in [1.807, 2.05) is 75.3 Å². The molecule has 0 bridgehead atoms. The van der Waals surface area contributed by atoms with E-state index in [1.165, 1.54) is 0 Å². The first-order valence-corrected chi connectivity index (χ1v) is 11.2. The first kappa shape index (κ1) is 24.4. The Hall–Kier alpha value is -3.26. The molecular formula is C25H34N4O4. The summed E-state index contributed by atoms with van der Waals surface area (Å²) in [5, 5.41) is 12.7. The smallest absolute Gasteiger partial charge is 0.321 e. The number of benzene rings is 2. The third-order valence-electron chi connectivity index (χ3n) is 5.98. The maximum Gasteiger partial charge on any atom is 0.321 e. The van der Waals surface area contributed by atoms with Gasteiger partial charge in [-0.15, -0.1) is 0 Å². The lowest BCUT2D eigenvalue weighted by Crippen LogP contribution is -2.50. The number of aliphatic hydroxyl groups excluding tert-OH is 1. The van der Waals surface area contributed by atoms with Crippen LogP contribution in [0.5, 0.6) is 5.75 Å². The van der Waals surface area contributed by atoms with Crippen molar-refractivity contribution in [3.63, 3.8) is 0 Å². The van der Waals surface area contributed by atoms with Gasteiger partial charge in [-0.2, -0.15) is 0 Å². The lowest BCUT2D eigenvalue weighted by Gasteiger charge is -2.39. The quantitative estimate of drug-likeness (QED) is 0.701. The molecule has 0 radical (unpaired) electrons. The summed E-state index contributed by atoms with van der Waals surface area (Å²) >= 11 is 0. The minimum atomic E-state index is -0.363. The van der Waals surface area contributed by atoms with Crippen molar-refractivity contribution in [1.82, 2.24) is 9.80 Å². The van der Waals surface area contributed by atoms with Gasteiger partial charge in [0.1, 0.15) is 6.10 Å². The summed E-state index contributed by atoms with van der Waals surface area (Å²) in [5.41, 5.74) is 1.96. The number of anilines is 2. The van der Waals surface area contributed by atoms with Crippen LogP contribution in [0, 0.1) is 5.92 Å². The molecule has 3 rings (SSSR count). The van der Waals surface area contributed by atoms with E-state index in [2.05, 4.69) is 5.32 Å². The van der Waals surface area contributed by atoms with Gasteiger partial charge >= 0.3 is 6.03 Å². The fourth-order valence-corrected chi connectivity index (χ4v) is 3.89. The molecule has 0 spiro atoms. The summed E-state index contributed by atoms with van der Waals surface area (Å²) in [4.78, 5) is 31.4. The number of amides is 3. The van der Waals surface area contributed by atoms with Crippen molar-refractivity contribution < 1.29 is 19.4 Å². The van der Waals surface area contributed by atoms with Gasteiger partial charge in [-0.05, 0) is 31.2 Å². The van der Waals surface area contributed by atoms with Gasteiger partial charge in [-0.25, -0.2) is 4.79 Å². The molecule has 2 aromatic carbocycles. The fourth-order valence-electron chi connectivity index (χ4n) is 3.89. The predicted molar refractivity (Wildman–Crippen MR) is 130 cm³/mol. The van der Waals surface area contributed by atoms with Crippen LogP contribution in [-0.4, -0.2) is 79.8 Å². The second-order valence-electron chi connectivity index (χ2n) is 8.85. The number of nitrogens with zero attached hydrogens (tertiary/aromatic N) is 3. The SMILES string of the molecule is C[C@H]1CN([C@@H](C)CO)C(=O)c2cccc(N(C)C)c2O[C@H]1CN(C)C(=O)Nc1ccccc1. The van der Waals surface area contributed by atoms with Gasteiger partial charge < -0.3 is 29.9 Å². The molecular weight excluding hydrogens is 420 g/mol. The molecule has 0 aromatic heterocycles. The molecule has 0 aliphatic carbocycles. The van der Waals surface area contributed by atoms with Gasteiger partial charge in [-0.1, -0.05) is 31.2 Å². The highest BCUT2D eigenvalue weighted by Gasteiger charge is 2.35. The van der Waals surface area contributed by atoms with Crippen LogP contribution < -0.4 is 15.0 Å². The number of rotatable bonds is 6. The lowest BCUT2D eigenvalue weighted by molar-refractivity contribution is 0.0372. The monoisotopic (exact) mass is 454 g/mol. The zero-order valence-electron chi connectivity index (χ0n) is 20.0. The Labute approximate surface area is 195 Å². The number of aliphatic hydroxyl groups is 1. The van der Waals surface area contributed by atoms with Crippen molar-refractivity contribution in [2.45, 2.75) is 26.0 Å².